The Labute approximate surface area is 155 Å². The van der Waals surface area contributed by atoms with Gasteiger partial charge in [0.15, 0.2) is 0 Å². The molecule has 7 nitrogen and oxygen atoms in total. The summed E-state index contributed by atoms with van der Waals surface area (Å²) >= 11 is 5.93. The van der Waals surface area contributed by atoms with E-state index >= 15 is 0 Å². The van der Waals surface area contributed by atoms with E-state index in [0.717, 1.165) is 0 Å². The Balaban J connectivity index is 1.92. The van der Waals surface area contributed by atoms with Crippen LogP contribution in [0.3, 0.4) is 0 Å². The largest absolute Gasteiger partial charge is 0.465 e. The minimum atomic E-state index is -3.91. The first kappa shape index (κ1) is 18.2. The van der Waals surface area contributed by atoms with Crippen molar-refractivity contribution in [2.45, 2.75) is 11.3 Å². The molecule has 0 aromatic heterocycles. The number of nitrogens with zero attached hydrogens (tertiary/aromatic N) is 1. The lowest BCUT2D eigenvalue weighted by atomic mass is 10.2. The van der Waals surface area contributed by atoms with E-state index in [-0.39, 0.29) is 33.5 Å². The number of rotatable bonds is 4. The van der Waals surface area contributed by atoms with E-state index in [2.05, 4.69) is 9.46 Å². The quantitative estimate of drug-likeness (QED) is 0.804. The molecule has 2 aromatic rings. The van der Waals surface area contributed by atoms with Gasteiger partial charge in [-0.3, -0.25) is 9.52 Å². The lowest BCUT2D eigenvalue weighted by Crippen LogP contribution is -2.20. The molecule has 0 saturated carbocycles. The van der Waals surface area contributed by atoms with Gasteiger partial charge in [-0.15, -0.1) is 0 Å². The Morgan fingerprint density at radius 1 is 1.23 bits per heavy atom. The highest BCUT2D eigenvalue weighted by molar-refractivity contribution is 7.92. The fraction of sp³-hybridized carbons (Fsp3) is 0.176. The van der Waals surface area contributed by atoms with Crippen LogP contribution in [0, 0.1) is 0 Å². The molecule has 1 N–H and O–H groups in total. The maximum atomic E-state index is 12.6. The molecule has 0 spiro atoms. The molecule has 0 radical (unpaired) electrons. The van der Waals surface area contributed by atoms with Crippen LogP contribution in [0.2, 0.25) is 5.02 Å². The van der Waals surface area contributed by atoms with Crippen molar-refractivity contribution in [3.63, 3.8) is 0 Å². The average Bonchev–Trinajstić information content (AvgIpc) is 2.89. The van der Waals surface area contributed by atoms with Crippen LogP contribution >= 0.6 is 11.6 Å². The fourth-order valence-electron chi connectivity index (χ4n) is 2.68. The first-order valence-electron chi connectivity index (χ1n) is 7.53. The minimum absolute atomic E-state index is 0.0221. The molecule has 1 aliphatic rings. The van der Waals surface area contributed by atoms with Crippen LogP contribution in [0.5, 0.6) is 0 Å². The Morgan fingerprint density at radius 3 is 2.65 bits per heavy atom. The fourth-order valence-corrected chi connectivity index (χ4v) is 3.98. The summed E-state index contributed by atoms with van der Waals surface area (Å²) in [6, 6.07) is 8.63. The zero-order valence-electron chi connectivity index (χ0n) is 13.9. The molecule has 26 heavy (non-hydrogen) atoms. The molecule has 9 heteroatoms. The molecule has 0 bridgehead atoms. The van der Waals surface area contributed by atoms with Crippen LogP contribution in [0.1, 0.15) is 15.9 Å². The van der Waals surface area contributed by atoms with E-state index in [4.69, 9.17) is 11.6 Å². The zero-order chi connectivity index (χ0) is 19.1. The van der Waals surface area contributed by atoms with Gasteiger partial charge < -0.3 is 9.64 Å². The summed E-state index contributed by atoms with van der Waals surface area (Å²) in [7, 11) is -1.06. The molecule has 1 amide bonds. The Morgan fingerprint density at radius 2 is 1.96 bits per heavy atom. The van der Waals surface area contributed by atoms with E-state index in [1.165, 1.54) is 42.3 Å². The number of hydrogen-bond donors (Lipinski definition) is 1. The number of hydrogen-bond acceptors (Lipinski definition) is 5. The number of amides is 1. The van der Waals surface area contributed by atoms with Crippen LogP contribution < -0.4 is 9.62 Å². The highest BCUT2D eigenvalue weighted by Crippen LogP contribution is 2.30. The van der Waals surface area contributed by atoms with Gasteiger partial charge >= 0.3 is 5.97 Å². The smallest absolute Gasteiger partial charge is 0.339 e. The van der Waals surface area contributed by atoms with E-state index in [9.17, 15) is 18.0 Å². The average molecular weight is 395 g/mol. The van der Waals surface area contributed by atoms with Gasteiger partial charge in [0.1, 0.15) is 0 Å². The minimum Gasteiger partial charge on any atom is -0.465 e. The number of fused-ring (bicyclic) bond motifs is 1. The standard InChI is InChI=1S/C17H15ClN2O5S/c1-20-15-6-4-12(7-10(15)8-16(20)21)26(23,24)19-11-3-5-14(18)13(9-11)17(22)25-2/h3-7,9,19H,8H2,1-2H3. The molecule has 0 saturated heterocycles. The van der Waals surface area contributed by atoms with Gasteiger partial charge in [-0.1, -0.05) is 11.6 Å². The molecule has 136 valence electrons. The summed E-state index contributed by atoms with van der Waals surface area (Å²) < 4.78 is 32.3. The van der Waals surface area contributed by atoms with E-state index in [1.54, 1.807) is 13.1 Å². The number of halogens is 1. The van der Waals surface area contributed by atoms with E-state index in [1.807, 2.05) is 0 Å². The maximum Gasteiger partial charge on any atom is 0.339 e. The SMILES string of the molecule is COC(=O)c1cc(NS(=O)(=O)c2ccc3c(c2)CC(=O)N3C)ccc1Cl. The first-order valence-corrected chi connectivity index (χ1v) is 9.39. The number of likely N-dealkylation sites (N-methyl/N-ethyl adjacent to an activating group) is 1. The zero-order valence-corrected chi connectivity index (χ0v) is 15.5. The topological polar surface area (TPSA) is 92.8 Å². The van der Waals surface area contributed by atoms with Crippen LogP contribution in [-0.4, -0.2) is 34.5 Å². The van der Waals surface area contributed by atoms with Gasteiger partial charge in [0, 0.05) is 18.4 Å². The number of sulfonamides is 1. The molecular formula is C17H15ClN2O5S. The third-order valence-corrected chi connectivity index (χ3v) is 5.77. The molecular weight excluding hydrogens is 380 g/mol. The Kier molecular flexibility index (Phi) is 4.64. The summed E-state index contributed by atoms with van der Waals surface area (Å²) in [4.78, 5) is 24.9. The van der Waals surface area contributed by atoms with Gasteiger partial charge in [0.2, 0.25) is 5.91 Å². The van der Waals surface area contributed by atoms with Crippen LogP contribution in [0.25, 0.3) is 0 Å². The van der Waals surface area contributed by atoms with Crippen molar-refractivity contribution in [2.24, 2.45) is 0 Å². The molecule has 1 heterocycles. The van der Waals surface area contributed by atoms with Crippen molar-refractivity contribution in [2.75, 3.05) is 23.8 Å². The van der Waals surface area contributed by atoms with Crippen LogP contribution in [0.4, 0.5) is 11.4 Å². The second-order valence-electron chi connectivity index (χ2n) is 5.71. The van der Waals surface area contributed by atoms with Crippen LogP contribution in [-0.2, 0) is 26.0 Å². The molecule has 1 aliphatic heterocycles. The van der Waals surface area contributed by atoms with E-state index < -0.39 is 16.0 Å². The third kappa shape index (κ3) is 3.25. The van der Waals surface area contributed by atoms with Gasteiger partial charge in [-0.05, 0) is 42.0 Å². The van der Waals surface area contributed by atoms with Gasteiger partial charge in [-0.2, -0.15) is 0 Å². The molecule has 0 fully saturated rings. The van der Waals surface area contributed by atoms with Crippen LogP contribution in [0.15, 0.2) is 41.3 Å². The highest BCUT2D eigenvalue weighted by Gasteiger charge is 2.26. The van der Waals surface area contributed by atoms with Crippen molar-refractivity contribution >= 4 is 44.9 Å². The van der Waals surface area contributed by atoms with Gasteiger partial charge in [0.25, 0.3) is 10.0 Å². The monoisotopic (exact) mass is 394 g/mol. The second kappa shape index (κ2) is 6.62. The number of benzene rings is 2. The molecule has 0 atom stereocenters. The lowest BCUT2D eigenvalue weighted by molar-refractivity contribution is -0.117. The second-order valence-corrected chi connectivity index (χ2v) is 7.80. The molecule has 3 rings (SSSR count). The van der Waals surface area contributed by atoms with Crippen molar-refractivity contribution in [1.82, 2.24) is 0 Å². The summed E-state index contributed by atoms with van der Waals surface area (Å²) in [5.74, 6) is -0.766. The van der Waals surface area contributed by atoms with E-state index in [0.29, 0.717) is 11.3 Å². The predicted octanol–water partition coefficient (Wildman–Crippen LogP) is 2.45. The summed E-state index contributed by atoms with van der Waals surface area (Å²) in [5.41, 5.74) is 1.55. The molecule has 0 aliphatic carbocycles. The lowest BCUT2D eigenvalue weighted by Gasteiger charge is -2.12. The number of methoxy groups -OCH3 is 1. The number of ether oxygens (including phenoxy) is 1. The summed E-state index contributed by atoms with van der Waals surface area (Å²) in [6.45, 7) is 0. The molecule has 2 aromatic carbocycles. The van der Waals surface area contributed by atoms with Crippen molar-refractivity contribution in [3.05, 3.63) is 52.5 Å². The number of carbonyl (C=O) groups excluding carboxylic acids is 2. The number of carbonyl (C=O) groups is 2. The van der Waals surface area contributed by atoms with Gasteiger partial charge in [-0.25, -0.2) is 13.2 Å². The predicted molar refractivity (Wildman–Crippen MR) is 97.2 cm³/mol. The Bertz CT molecular complexity index is 1020. The maximum absolute atomic E-state index is 12.6. The first-order chi connectivity index (χ1) is 12.2. The van der Waals surface area contributed by atoms with Crippen molar-refractivity contribution < 1.29 is 22.7 Å². The van der Waals surface area contributed by atoms with Crippen molar-refractivity contribution in [3.8, 4) is 0 Å². The Hall–Kier alpha value is -2.58. The number of anilines is 2. The third-order valence-electron chi connectivity index (χ3n) is 4.06. The summed E-state index contributed by atoms with van der Waals surface area (Å²) in [5, 5.41) is 0.152. The number of nitrogens with one attached hydrogen (secondary N) is 1. The normalized spacial score (nSPS) is 13.5. The van der Waals surface area contributed by atoms with Crippen molar-refractivity contribution in [1.29, 1.82) is 0 Å². The highest BCUT2D eigenvalue weighted by atomic mass is 35.5. The summed E-state index contributed by atoms with van der Waals surface area (Å²) in [6.07, 6.45) is 0.155. The number of esters is 1. The van der Waals surface area contributed by atoms with Gasteiger partial charge in [0.05, 0.1) is 29.0 Å². The molecule has 0 unspecified atom stereocenters.